The molecule has 1 amide bonds. The average molecular weight is 217 g/mol. The lowest BCUT2D eigenvalue weighted by Gasteiger charge is -2.23. The number of carbonyl (C=O) groups excluding carboxylic acids is 1. The van der Waals surface area contributed by atoms with Crippen molar-refractivity contribution in [2.24, 2.45) is 5.92 Å². The molecule has 0 aromatic heterocycles. The van der Waals surface area contributed by atoms with Crippen molar-refractivity contribution in [3.63, 3.8) is 0 Å². The molecule has 1 heterocycles. The van der Waals surface area contributed by atoms with Crippen LogP contribution in [0.2, 0.25) is 0 Å². The van der Waals surface area contributed by atoms with Crippen LogP contribution in [-0.2, 0) is 4.79 Å². The molecule has 15 heavy (non-hydrogen) atoms. The molecule has 86 valence electrons. The smallest absolute Gasteiger partial charge is 0.267 e. The fourth-order valence-electron chi connectivity index (χ4n) is 2.03. The molecule has 0 bridgehead atoms. The minimum atomic E-state index is -2.74. The largest absolute Gasteiger partial charge is 0.330 e. The third-order valence-electron chi connectivity index (χ3n) is 2.58. The van der Waals surface area contributed by atoms with Crippen LogP contribution in [0.1, 0.15) is 26.7 Å². The lowest BCUT2D eigenvalue weighted by molar-refractivity contribution is -0.128. The number of alkyl halides is 2. The topological polar surface area (TPSA) is 20.3 Å². The van der Waals surface area contributed by atoms with Crippen molar-refractivity contribution in [3.05, 3.63) is 12.7 Å². The van der Waals surface area contributed by atoms with E-state index in [2.05, 4.69) is 6.58 Å². The van der Waals surface area contributed by atoms with Gasteiger partial charge in [-0.05, 0) is 18.4 Å². The zero-order valence-corrected chi connectivity index (χ0v) is 9.17. The Morgan fingerprint density at radius 1 is 1.67 bits per heavy atom. The summed E-state index contributed by atoms with van der Waals surface area (Å²) < 4.78 is 26.3. The van der Waals surface area contributed by atoms with Gasteiger partial charge in [-0.3, -0.25) is 4.79 Å². The zero-order chi connectivity index (χ0) is 11.6. The second kappa shape index (κ2) is 4.29. The predicted molar refractivity (Wildman–Crippen MR) is 54.7 cm³/mol. The number of halogens is 2. The number of hydrogen-bond donors (Lipinski definition) is 0. The van der Waals surface area contributed by atoms with Gasteiger partial charge in [0.05, 0.1) is 6.54 Å². The van der Waals surface area contributed by atoms with Crippen LogP contribution >= 0.6 is 0 Å². The Hall–Kier alpha value is -0.930. The molecule has 1 saturated heterocycles. The summed E-state index contributed by atoms with van der Waals surface area (Å²) in [6.07, 6.45) is 1.51. The van der Waals surface area contributed by atoms with E-state index in [-0.39, 0.29) is 12.5 Å². The number of nitrogens with zero attached hydrogens (tertiary/aromatic N) is 1. The Kier molecular flexibility index (Phi) is 3.47. The van der Waals surface area contributed by atoms with E-state index in [0.717, 1.165) is 6.08 Å². The number of carbonyl (C=O) groups is 1. The predicted octanol–water partition coefficient (Wildman–Crippen LogP) is 2.45. The van der Waals surface area contributed by atoms with Crippen LogP contribution < -0.4 is 0 Å². The Balaban J connectivity index is 2.74. The van der Waals surface area contributed by atoms with Gasteiger partial charge in [-0.15, -0.1) is 0 Å². The first-order valence-corrected chi connectivity index (χ1v) is 5.16. The van der Waals surface area contributed by atoms with Crippen molar-refractivity contribution in [2.75, 3.05) is 6.54 Å². The van der Waals surface area contributed by atoms with Gasteiger partial charge in [0.2, 0.25) is 5.91 Å². The highest BCUT2D eigenvalue weighted by molar-refractivity contribution is 5.87. The third-order valence-corrected chi connectivity index (χ3v) is 2.58. The molecule has 0 saturated carbocycles. The Morgan fingerprint density at radius 2 is 2.27 bits per heavy atom. The first-order chi connectivity index (χ1) is 6.85. The molecule has 1 atom stereocenters. The maximum Gasteiger partial charge on any atom is 0.267 e. The fraction of sp³-hybridized carbons (Fsp3) is 0.727. The fourth-order valence-corrected chi connectivity index (χ4v) is 2.03. The molecule has 1 fully saturated rings. The van der Waals surface area contributed by atoms with E-state index in [1.165, 1.54) is 4.90 Å². The Labute approximate surface area is 88.9 Å². The first kappa shape index (κ1) is 12.1. The van der Waals surface area contributed by atoms with Crippen molar-refractivity contribution >= 4 is 5.91 Å². The molecule has 0 aromatic rings. The van der Waals surface area contributed by atoms with Crippen LogP contribution in [0.3, 0.4) is 0 Å². The van der Waals surface area contributed by atoms with Gasteiger partial charge in [-0.2, -0.15) is 0 Å². The number of rotatable bonds is 3. The monoisotopic (exact) mass is 217 g/mol. The summed E-state index contributed by atoms with van der Waals surface area (Å²) in [6.45, 7) is 6.80. The van der Waals surface area contributed by atoms with Gasteiger partial charge in [0, 0.05) is 12.5 Å². The molecule has 1 aliphatic rings. The maximum absolute atomic E-state index is 13.2. The molecule has 1 rings (SSSR count). The van der Waals surface area contributed by atoms with E-state index in [4.69, 9.17) is 0 Å². The minimum Gasteiger partial charge on any atom is -0.330 e. The number of likely N-dealkylation sites (tertiary alicyclic amines) is 1. The van der Waals surface area contributed by atoms with Crippen LogP contribution in [0, 0.1) is 5.92 Å². The van der Waals surface area contributed by atoms with E-state index >= 15 is 0 Å². The highest BCUT2D eigenvalue weighted by atomic mass is 19.3. The maximum atomic E-state index is 13.2. The number of amides is 1. The molecular formula is C11H17F2NO. The molecular weight excluding hydrogens is 200 g/mol. The van der Waals surface area contributed by atoms with Gasteiger partial charge >= 0.3 is 0 Å². The van der Waals surface area contributed by atoms with Gasteiger partial charge in [-0.25, -0.2) is 8.78 Å². The molecule has 0 aromatic carbocycles. The third kappa shape index (κ3) is 3.01. The van der Waals surface area contributed by atoms with E-state index in [0.29, 0.717) is 12.3 Å². The van der Waals surface area contributed by atoms with E-state index in [1.54, 1.807) is 0 Å². The van der Waals surface area contributed by atoms with Gasteiger partial charge < -0.3 is 4.90 Å². The number of hydrogen-bond acceptors (Lipinski definition) is 1. The van der Waals surface area contributed by atoms with Crippen molar-refractivity contribution in [2.45, 2.75) is 38.7 Å². The van der Waals surface area contributed by atoms with Crippen LogP contribution in [0.15, 0.2) is 12.7 Å². The van der Waals surface area contributed by atoms with Gasteiger partial charge in [0.1, 0.15) is 0 Å². The second-order valence-electron chi connectivity index (χ2n) is 4.51. The highest BCUT2D eigenvalue weighted by Crippen LogP contribution is 2.34. The van der Waals surface area contributed by atoms with Crippen molar-refractivity contribution in [3.8, 4) is 0 Å². The van der Waals surface area contributed by atoms with Crippen LogP contribution in [-0.4, -0.2) is 29.3 Å². The van der Waals surface area contributed by atoms with Gasteiger partial charge in [0.25, 0.3) is 5.92 Å². The highest BCUT2D eigenvalue weighted by Gasteiger charge is 2.46. The summed E-state index contributed by atoms with van der Waals surface area (Å²) in [7, 11) is 0. The van der Waals surface area contributed by atoms with Crippen LogP contribution in [0.4, 0.5) is 8.78 Å². The summed E-state index contributed by atoms with van der Waals surface area (Å²) in [6, 6.07) is -0.342. The van der Waals surface area contributed by atoms with Crippen molar-refractivity contribution in [1.29, 1.82) is 0 Å². The van der Waals surface area contributed by atoms with E-state index < -0.39 is 18.4 Å². The Bertz CT molecular complexity index is 263. The SMILES string of the molecule is C=CC(=O)N1CC(F)(F)C[C@@H]1CC(C)C. The Morgan fingerprint density at radius 3 is 2.73 bits per heavy atom. The van der Waals surface area contributed by atoms with Crippen LogP contribution in [0.5, 0.6) is 0 Å². The van der Waals surface area contributed by atoms with E-state index in [1.807, 2.05) is 13.8 Å². The first-order valence-electron chi connectivity index (χ1n) is 5.16. The molecule has 0 unspecified atom stereocenters. The lowest BCUT2D eigenvalue weighted by Crippen LogP contribution is -2.35. The molecule has 1 aliphatic heterocycles. The quantitative estimate of drug-likeness (QED) is 0.665. The second-order valence-corrected chi connectivity index (χ2v) is 4.51. The van der Waals surface area contributed by atoms with Gasteiger partial charge in [-0.1, -0.05) is 20.4 Å². The van der Waals surface area contributed by atoms with E-state index in [9.17, 15) is 13.6 Å². The molecule has 0 aliphatic carbocycles. The summed E-state index contributed by atoms with van der Waals surface area (Å²) in [5.74, 6) is -2.82. The molecule has 4 heteroatoms. The summed E-state index contributed by atoms with van der Waals surface area (Å²) in [5.41, 5.74) is 0. The van der Waals surface area contributed by atoms with Gasteiger partial charge in [0.15, 0.2) is 0 Å². The molecule has 0 N–H and O–H groups in total. The summed E-state index contributed by atoms with van der Waals surface area (Å²) in [5, 5.41) is 0. The lowest BCUT2D eigenvalue weighted by atomic mass is 10.0. The minimum absolute atomic E-state index is 0.217. The van der Waals surface area contributed by atoms with Crippen molar-refractivity contribution in [1.82, 2.24) is 4.90 Å². The van der Waals surface area contributed by atoms with Crippen molar-refractivity contribution < 1.29 is 13.6 Å². The molecule has 0 spiro atoms. The summed E-state index contributed by atoms with van der Waals surface area (Å²) in [4.78, 5) is 12.6. The average Bonchev–Trinajstić information content (AvgIpc) is 2.38. The molecule has 2 nitrogen and oxygen atoms in total. The standard InChI is InChI=1S/C11H17F2NO/c1-4-10(15)14-7-11(12,13)6-9(14)5-8(2)3/h4,8-9H,1,5-7H2,2-3H3/t9-/m0/s1. The van der Waals surface area contributed by atoms with Crippen LogP contribution in [0.25, 0.3) is 0 Å². The summed E-state index contributed by atoms with van der Waals surface area (Å²) >= 11 is 0. The normalized spacial score (nSPS) is 24.6. The molecule has 0 radical (unpaired) electrons. The zero-order valence-electron chi connectivity index (χ0n) is 9.17.